The number of ether oxygens (including phenoxy) is 1. The number of carbonyl (C=O) groups excluding carboxylic acids is 4. The monoisotopic (exact) mass is 388 g/mol. The van der Waals surface area contributed by atoms with E-state index in [1.807, 2.05) is 12.2 Å². The Kier molecular flexibility index (Phi) is 4.47. The van der Waals surface area contributed by atoms with Gasteiger partial charge < -0.3 is 10.1 Å². The number of nitrogens with one attached hydrogen (secondary N) is 1. The summed E-state index contributed by atoms with van der Waals surface area (Å²) in [4.78, 5) is 49.9. The number of fused-ring (bicyclic) bond motifs is 5. The molecular weight excluding hydrogens is 372 g/mol. The van der Waals surface area contributed by atoms with Gasteiger partial charge in [0.25, 0.3) is 5.91 Å². The van der Waals surface area contributed by atoms with Crippen molar-refractivity contribution in [2.75, 3.05) is 18.5 Å². The van der Waals surface area contributed by atoms with Crippen LogP contribution in [-0.2, 0) is 23.9 Å². The van der Waals surface area contributed by atoms with E-state index in [0.29, 0.717) is 10.7 Å². The Bertz CT molecular complexity index is 837. The number of halogens is 1. The van der Waals surface area contributed by atoms with Gasteiger partial charge in [0.05, 0.1) is 22.5 Å². The molecule has 2 bridgehead atoms. The molecule has 3 aliphatic rings. The van der Waals surface area contributed by atoms with Crippen LogP contribution in [0.5, 0.6) is 0 Å². The first-order valence-electron chi connectivity index (χ1n) is 8.69. The average molecular weight is 389 g/mol. The van der Waals surface area contributed by atoms with Crippen LogP contribution in [0.3, 0.4) is 0 Å². The largest absolute Gasteiger partial charge is 0.454 e. The van der Waals surface area contributed by atoms with Crippen molar-refractivity contribution in [1.29, 1.82) is 0 Å². The molecule has 1 aromatic rings. The molecule has 4 rings (SSSR count). The third kappa shape index (κ3) is 3.12. The lowest BCUT2D eigenvalue weighted by Gasteiger charge is -2.16. The first-order valence-corrected chi connectivity index (χ1v) is 9.07. The van der Waals surface area contributed by atoms with Crippen LogP contribution in [0.2, 0.25) is 5.02 Å². The number of imide groups is 1. The topological polar surface area (TPSA) is 92.8 Å². The Labute approximate surface area is 160 Å². The van der Waals surface area contributed by atoms with Crippen LogP contribution < -0.4 is 5.32 Å². The maximum Gasteiger partial charge on any atom is 0.326 e. The van der Waals surface area contributed by atoms with Crippen LogP contribution in [0.25, 0.3) is 0 Å². The molecule has 27 heavy (non-hydrogen) atoms. The fourth-order valence-corrected chi connectivity index (χ4v) is 4.37. The molecule has 1 aliphatic heterocycles. The Morgan fingerprint density at radius 1 is 1.11 bits per heavy atom. The minimum absolute atomic E-state index is 0.0823. The summed E-state index contributed by atoms with van der Waals surface area (Å²) < 4.78 is 4.91. The van der Waals surface area contributed by atoms with E-state index in [9.17, 15) is 19.2 Å². The van der Waals surface area contributed by atoms with Gasteiger partial charge in [-0.15, -0.1) is 0 Å². The lowest BCUT2D eigenvalue weighted by atomic mass is 9.85. The molecule has 0 aromatic heterocycles. The first kappa shape index (κ1) is 17.7. The molecule has 4 atom stereocenters. The SMILES string of the molecule is O=C(COC(=O)CN1C(=O)[C@@H]2[C@H](C1=O)[C@@H]1C=C[C@@H]2C1)Nc1ccccc1Cl. The van der Waals surface area contributed by atoms with Crippen LogP contribution in [0.1, 0.15) is 6.42 Å². The fourth-order valence-electron chi connectivity index (χ4n) is 4.19. The van der Waals surface area contributed by atoms with Crippen molar-refractivity contribution in [1.82, 2.24) is 4.90 Å². The second-order valence-corrected chi connectivity index (χ2v) is 7.36. The number of amides is 3. The van der Waals surface area contributed by atoms with Crippen LogP contribution >= 0.6 is 11.6 Å². The number of likely N-dealkylation sites (tertiary alicyclic amines) is 1. The standard InChI is InChI=1S/C19H17ClN2O5/c20-12-3-1-2-4-13(12)21-14(23)9-27-15(24)8-22-18(25)16-10-5-6-11(7-10)17(16)19(22)26/h1-6,10-11,16-17H,7-9H2,(H,21,23)/t10-,11-,16-,17+/m1/s1. The summed E-state index contributed by atoms with van der Waals surface area (Å²) >= 11 is 5.94. The maximum absolute atomic E-state index is 12.5. The Balaban J connectivity index is 1.30. The predicted octanol–water partition coefficient (Wildman–Crippen LogP) is 1.63. The number of anilines is 1. The molecule has 1 aromatic carbocycles. The number of benzene rings is 1. The summed E-state index contributed by atoms with van der Waals surface area (Å²) in [5.41, 5.74) is 0.404. The van der Waals surface area contributed by atoms with Crippen LogP contribution in [0, 0.1) is 23.7 Å². The van der Waals surface area contributed by atoms with Gasteiger partial charge in [-0.1, -0.05) is 35.9 Å². The van der Waals surface area contributed by atoms with Gasteiger partial charge in [-0.2, -0.15) is 0 Å². The van der Waals surface area contributed by atoms with E-state index >= 15 is 0 Å². The molecule has 0 radical (unpaired) electrons. The number of hydrogen-bond acceptors (Lipinski definition) is 5. The summed E-state index contributed by atoms with van der Waals surface area (Å²) in [5.74, 6) is -2.55. The van der Waals surface area contributed by atoms with E-state index in [4.69, 9.17) is 16.3 Å². The Morgan fingerprint density at radius 2 is 1.74 bits per heavy atom. The molecule has 8 heteroatoms. The van der Waals surface area contributed by atoms with Gasteiger partial charge in [-0.05, 0) is 30.4 Å². The first-order chi connectivity index (χ1) is 13.0. The molecule has 1 saturated carbocycles. The van der Waals surface area contributed by atoms with Crippen molar-refractivity contribution in [3.8, 4) is 0 Å². The fraction of sp³-hybridized carbons (Fsp3) is 0.368. The van der Waals surface area contributed by atoms with E-state index in [1.54, 1.807) is 24.3 Å². The molecule has 2 aliphatic carbocycles. The van der Waals surface area contributed by atoms with Gasteiger partial charge in [0.1, 0.15) is 6.54 Å². The van der Waals surface area contributed by atoms with Gasteiger partial charge >= 0.3 is 5.97 Å². The highest BCUT2D eigenvalue weighted by atomic mass is 35.5. The van der Waals surface area contributed by atoms with Gasteiger partial charge in [0.2, 0.25) is 11.8 Å². The molecule has 3 amide bonds. The zero-order chi connectivity index (χ0) is 19.1. The number of hydrogen-bond donors (Lipinski definition) is 1. The van der Waals surface area contributed by atoms with E-state index in [2.05, 4.69) is 5.32 Å². The highest BCUT2D eigenvalue weighted by Crippen LogP contribution is 2.52. The third-order valence-electron chi connectivity index (χ3n) is 5.36. The summed E-state index contributed by atoms with van der Waals surface area (Å²) in [5, 5.41) is 2.89. The lowest BCUT2D eigenvalue weighted by molar-refractivity contribution is -0.154. The third-order valence-corrected chi connectivity index (χ3v) is 5.69. The van der Waals surface area contributed by atoms with Crippen LogP contribution in [0.4, 0.5) is 5.69 Å². The van der Waals surface area contributed by atoms with Crippen molar-refractivity contribution in [3.63, 3.8) is 0 Å². The van der Waals surface area contributed by atoms with Crippen molar-refractivity contribution in [2.24, 2.45) is 23.7 Å². The Hall–Kier alpha value is -2.67. The second-order valence-electron chi connectivity index (χ2n) is 6.95. The quantitative estimate of drug-likeness (QED) is 0.470. The summed E-state index contributed by atoms with van der Waals surface area (Å²) in [7, 11) is 0. The molecule has 0 unspecified atom stereocenters. The summed E-state index contributed by atoms with van der Waals surface area (Å²) in [6.45, 7) is -0.997. The molecule has 1 heterocycles. The van der Waals surface area contributed by atoms with Crippen molar-refractivity contribution < 1.29 is 23.9 Å². The molecular formula is C19H17ClN2O5. The normalized spacial score (nSPS) is 27.8. The van der Waals surface area contributed by atoms with Gasteiger partial charge in [-0.3, -0.25) is 24.1 Å². The minimum Gasteiger partial charge on any atom is -0.454 e. The highest BCUT2D eigenvalue weighted by molar-refractivity contribution is 6.33. The van der Waals surface area contributed by atoms with Crippen molar-refractivity contribution in [3.05, 3.63) is 41.4 Å². The average Bonchev–Trinajstić information content (AvgIpc) is 3.32. The van der Waals surface area contributed by atoms with Crippen LogP contribution in [0.15, 0.2) is 36.4 Å². The smallest absolute Gasteiger partial charge is 0.326 e. The number of para-hydroxylation sites is 1. The number of rotatable bonds is 5. The van der Waals surface area contributed by atoms with E-state index < -0.39 is 25.0 Å². The lowest BCUT2D eigenvalue weighted by Crippen LogP contribution is -2.38. The Morgan fingerprint density at radius 3 is 2.37 bits per heavy atom. The number of carbonyl (C=O) groups is 4. The van der Waals surface area contributed by atoms with Crippen molar-refractivity contribution in [2.45, 2.75) is 6.42 Å². The van der Waals surface area contributed by atoms with Gasteiger partial charge in [-0.25, -0.2) is 0 Å². The molecule has 0 spiro atoms. The molecule has 1 saturated heterocycles. The minimum atomic E-state index is -0.800. The summed E-state index contributed by atoms with van der Waals surface area (Å²) in [6.07, 6.45) is 4.79. The summed E-state index contributed by atoms with van der Waals surface area (Å²) in [6, 6.07) is 6.66. The molecule has 7 nitrogen and oxygen atoms in total. The molecule has 1 N–H and O–H groups in total. The highest BCUT2D eigenvalue weighted by Gasteiger charge is 2.59. The number of allylic oxidation sites excluding steroid dienone is 2. The van der Waals surface area contributed by atoms with E-state index in [-0.39, 0.29) is 35.5 Å². The van der Waals surface area contributed by atoms with Gasteiger partial charge in [0, 0.05) is 0 Å². The molecule has 2 fully saturated rings. The van der Waals surface area contributed by atoms with Gasteiger partial charge in [0.15, 0.2) is 6.61 Å². The zero-order valence-corrected chi connectivity index (χ0v) is 15.0. The van der Waals surface area contributed by atoms with E-state index in [0.717, 1.165) is 11.3 Å². The number of nitrogens with zero attached hydrogens (tertiary/aromatic N) is 1. The van der Waals surface area contributed by atoms with E-state index in [1.165, 1.54) is 0 Å². The number of esters is 1. The predicted molar refractivity (Wildman–Crippen MR) is 95.5 cm³/mol. The maximum atomic E-state index is 12.5. The van der Waals surface area contributed by atoms with Crippen molar-refractivity contribution >= 4 is 41.0 Å². The zero-order valence-electron chi connectivity index (χ0n) is 14.3. The molecule has 140 valence electrons. The second kappa shape index (κ2) is 6.81. The van der Waals surface area contributed by atoms with Crippen LogP contribution in [-0.4, -0.2) is 41.7 Å².